The Balaban J connectivity index is 1.40. The Kier molecular flexibility index (Phi) is 6.50. The lowest BCUT2D eigenvalue weighted by Gasteiger charge is -2.35. The lowest BCUT2D eigenvalue weighted by atomic mass is 10.1. The van der Waals surface area contributed by atoms with E-state index in [0.717, 1.165) is 5.56 Å². The Bertz CT molecular complexity index is 1180. The molecule has 1 fully saturated rings. The van der Waals surface area contributed by atoms with E-state index in [9.17, 15) is 19.3 Å². The standard InChI is InChI=1S/C24H26FN5O3/c1-17-23(30(32)33)18(2)29(26-17)15-19-6-5-8-20(14-19)24(31)28-12-10-27(11-13-28)16-21-7-3-4-9-22(21)25/h3-9,14H,10-13,15-16H2,1-2H3. The third-order valence-electron chi connectivity index (χ3n) is 6.04. The van der Waals surface area contributed by atoms with Crippen LogP contribution < -0.4 is 0 Å². The van der Waals surface area contributed by atoms with Crippen molar-refractivity contribution < 1.29 is 14.1 Å². The fraction of sp³-hybridized carbons (Fsp3) is 0.333. The van der Waals surface area contributed by atoms with Crippen LogP contribution in [0.1, 0.15) is 32.9 Å². The highest BCUT2D eigenvalue weighted by atomic mass is 19.1. The van der Waals surface area contributed by atoms with E-state index in [2.05, 4.69) is 10.00 Å². The minimum atomic E-state index is -0.417. The second kappa shape index (κ2) is 9.50. The van der Waals surface area contributed by atoms with Crippen LogP contribution in [0.15, 0.2) is 48.5 Å². The van der Waals surface area contributed by atoms with Crippen LogP contribution >= 0.6 is 0 Å². The zero-order valence-corrected chi connectivity index (χ0v) is 18.7. The van der Waals surface area contributed by atoms with E-state index in [1.807, 2.05) is 29.2 Å². The number of nitro groups is 1. The van der Waals surface area contributed by atoms with Crippen LogP contribution in [0.3, 0.4) is 0 Å². The Morgan fingerprint density at radius 3 is 2.45 bits per heavy atom. The SMILES string of the molecule is Cc1nn(Cc2cccc(C(=O)N3CCN(Cc4ccccc4F)CC3)c2)c(C)c1[N+](=O)[O-]. The fourth-order valence-corrected chi connectivity index (χ4v) is 4.24. The summed E-state index contributed by atoms with van der Waals surface area (Å²) < 4.78 is 15.5. The second-order valence-corrected chi connectivity index (χ2v) is 8.29. The van der Waals surface area contributed by atoms with Crippen LogP contribution in [0, 0.1) is 29.8 Å². The number of benzene rings is 2. The van der Waals surface area contributed by atoms with Crippen molar-refractivity contribution in [3.05, 3.63) is 92.5 Å². The van der Waals surface area contributed by atoms with Gasteiger partial charge in [-0.15, -0.1) is 0 Å². The lowest BCUT2D eigenvalue weighted by molar-refractivity contribution is -0.386. The Morgan fingerprint density at radius 1 is 1.06 bits per heavy atom. The highest BCUT2D eigenvalue weighted by Gasteiger charge is 2.24. The molecule has 1 amide bonds. The zero-order chi connectivity index (χ0) is 23.5. The smallest absolute Gasteiger partial charge is 0.312 e. The molecular formula is C24H26FN5O3. The minimum absolute atomic E-state index is 0.0236. The van der Waals surface area contributed by atoms with E-state index in [0.29, 0.717) is 61.8 Å². The third-order valence-corrected chi connectivity index (χ3v) is 6.04. The highest BCUT2D eigenvalue weighted by molar-refractivity contribution is 5.94. The molecule has 4 rings (SSSR count). The number of nitrogens with zero attached hydrogens (tertiary/aromatic N) is 5. The van der Waals surface area contributed by atoms with E-state index in [1.165, 1.54) is 6.07 Å². The van der Waals surface area contributed by atoms with Crippen molar-refractivity contribution >= 4 is 11.6 Å². The number of carbonyl (C=O) groups excluding carboxylic acids is 1. The van der Waals surface area contributed by atoms with Crippen molar-refractivity contribution in [2.75, 3.05) is 26.2 Å². The molecule has 0 bridgehead atoms. The van der Waals surface area contributed by atoms with Gasteiger partial charge in [-0.1, -0.05) is 30.3 Å². The summed E-state index contributed by atoms with van der Waals surface area (Å²) in [5, 5.41) is 15.5. The van der Waals surface area contributed by atoms with Gasteiger partial charge in [0.1, 0.15) is 17.2 Å². The molecule has 9 heteroatoms. The van der Waals surface area contributed by atoms with Crippen molar-refractivity contribution in [1.29, 1.82) is 0 Å². The highest BCUT2D eigenvalue weighted by Crippen LogP contribution is 2.23. The van der Waals surface area contributed by atoms with E-state index >= 15 is 0 Å². The summed E-state index contributed by atoms with van der Waals surface area (Å²) in [6.07, 6.45) is 0. The van der Waals surface area contributed by atoms with E-state index in [4.69, 9.17) is 0 Å². The van der Waals surface area contributed by atoms with Gasteiger partial charge in [-0.25, -0.2) is 4.39 Å². The summed E-state index contributed by atoms with van der Waals surface area (Å²) in [6.45, 7) is 6.66. The average Bonchev–Trinajstić information content (AvgIpc) is 3.08. The summed E-state index contributed by atoms with van der Waals surface area (Å²) in [5.41, 5.74) is 2.97. The van der Waals surface area contributed by atoms with Gasteiger partial charge in [0.15, 0.2) is 0 Å². The summed E-state index contributed by atoms with van der Waals surface area (Å²) in [6, 6.07) is 14.1. The number of carbonyl (C=O) groups is 1. The molecule has 0 spiro atoms. The largest absolute Gasteiger partial charge is 0.336 e. The molecular weight excluding hydrogens is 425 g/mol. The molecule has 1 aliphatic rings. The van der Waals surface area contributed by atoms with Crippen molar-refractivity contribution in [1.82, 2.24) is 19.6 Å². The quantitative estimate of drug-likeness (QED) is 0.423. The third kappa shape index (κ3) is 4.93. The predicted molar refractivity (Wildman–Crippen MR) is 121 cm³/mol. The van der Waals surface area contributed by atoms with Crippen LogP contribution in [0.4, 0.5) is 10.1 Å². The molecule has 2 aromatic carbocycles. The lowest BCUT2D eigenvalue weighted by Crippen LogP contribution is -2.48. The fourth-order valence-electron chi connectivity index (χ4n) is 4.24. The number of aromatic nitrogens is 2. The Labute approximate surface area is 191 Å². The average molecular weight is 452 g/mol. The molecule has 2 heterocycles. The van der Waals surface area contributed by atoms with E-state index in [1.54, 1.807) is 36.7 Å². The number of rotatable bonds is 6. The molecule has 0 saturated carbocycles. The Morgan fingerprint density at radius 2 is 1.79 bits per heavy atom. The molecule has 3 aromatic rings. The summed E-state index contributed by atoms with van der Waals surface area (Å²) in [5.74, 6) is -0.262. The molecule has 172 valence electrons. The number of hydrogen-bond acceptors (Lipinski definition) is 5. The molecule has 33 heavy (non-hydrogen) atoms. The zero-order valence-electron chi connectivity index (χ0n) is 18.7. The first-order valence-corrected chi connectivity index (χ1v) is 10.9. The van der Waals surface area contributed by atoms with Crippen molar-refractivity contribution in [2.24, 2.45) is 0 Å². The van der Waals surface area contributed by atoms with Crippen LogP contribution in [0.2, 0.25) is 0 Å². The van der Waals surface area contributed by atoms with E-state index in [-0.39, 0.29) is 17.4 Å². The normalized spacial score (nSPS) is 14.5. The van der Waals surface area contributed by atoms with Crippen LogP contribution in [0.5, 0.6) is 0 Å². The first kappa shape index (κ1) is 22.6. The summed E-state index contributed by atoms with van der Waals surface area (Å²) in [4.78, 5) is 27.9. The molecule has 0 radical (unpaired) electrons. The van der Waals surface area contributed by atoms with Gasteiger partial charge in [0.05, 0.1) is 11.5 Å². The van der Waals surface area contributed by atoms with Gasteiger partial charge in [-0.3, -0.25) is 24.5 Å². The molecule has 1 saturated heterocycles. The minimum Gasteiger partial charge on any atom is -0.336 e. The Hall–Kier alpha value is -3.59. The van der Waals surface area contributed by atoms with Crippen molar-refractivity contribution in [2.45, 2.75) is 26.9 Å². The van der Waals surface area contributed by atoms with Gasteiger partial charge in [-0.05, 0) is 37.6 Å². The number of piperazine rings is 1. The van der Waals surface area contributed by atoms with Gasteiger partial charge in [-0.2, -0.15) is 5.10 Å². The van der Waals surface area contributed by atoms with Crippen molar-refractivity contribution in [3.8, 4) is 0 Å². The first-order chi connectivity index (χ1) is 15.8. The maximum absolute atomic E-state index is 13.9. The number of halogens is 1. The van der Waals surface area contributed by atoms with Crippen LogP contribution in [0.25, 0.3) is 0 Å². The van der Waals surface area contributed by atoms with Gasteiger partial charge in [0.2, 0.25) is 0 Å². The van der Waals surface area contributed by atoms with Gasteiger partial charge in [0.25, 0.3) is 5.91 Å². The molecule has 0 aliphatic carbocycles. The first-order valence-electron chi connectivity index (χ1n) is 10.9. The summed E-state index contributed by atoms with van der Waals surface area (Å²) >= 11 is 0. The molecule has 0 unspecified atom stereocenters. The van der Waals surface area contributed by atoms with E-state index < -0.39 is 4.92 Å². The maximum Gasteiger partial charge on any atom is 0.312 e. The summed E-state index contributed by atoms with van der Waals surface area (Å²) in [7, 11) is 0. The van der Waals surface area contributed by atoms with Crippen LogP contribution in [-0.2, 0) is 13.1 Å². The maximum atomic E-state index is 13.9. The molecule has 0 N–H and O–H groups in total. The molecule has 1 aliphatic heterocycles. The van der Waals surface area contributed by atoms with Gasteiger partial charge >= 0.3 is 5.69 Å². The monoisotopic (exact) mass is 451 g/mol. The van der Waals surface area contributed by atoms with Crippen LogP contribution in [-0.4, -0.2) is 56.6 Å². The second-order valence-electron chi connectivity index (χ2n) is 8.29. The van der Waals surface area contributed by atoms with Crippen molar-refractivity contribution in [3.63, 3.8) is 0 Å². The number of amides is 1. The van der Waals surface area contributed by atoms with Gasteiger partial charge in [0, 0.05) is 43.9 Å². The molecule has 0 atom stereocenters. The number of aryl methyl sites for hydroxylation is 1. The molecule has 8 nitrogen and oxygen atoms in total. The topological polar surface area (TPSA) is 84.5 Å². The number of hydrogen-bond donors (Lipinski definition) is 0. The van der Waals surface area contributed by atoms with Gasteiger partial charge < -0.3 is 4.90 Å². The predicted octanol–water partition coefficient (Wildman–Crippen LogP) is 3.55. The molecule has 1 aromatic heterocycles.